The molecule has 0 saturated heterocycles. The average molecular weight is 284 g/mol. The Morgan fingerprint density at radius 2 is 2.44 bits per heavy atom. The highest BCUT2D eigenvalue weighted by Crippen LogP contribution is 2.31. The van der Waals surface area contributed by atoms with E-state index in [1.165, 1.54) is 18.2 Å². The summed E-state index contributed by atoms with van der Waals surface area (Å²) in [5, 5.41) is 3.32. The Labute approximate surface area is 103 Å². The normalized spacial score (nSPS) is 19.0. The Morgan fingerprint density at radius 1 is 1.62 bits per heavy atom. The Hall–Kier alpha value is -0.870. The molecule has 0 saturated carbocycles. The van der Waals surface area contributed by atoms with Gasteiger partial charge in [0.05, 0.1) is 13.5 Å². The smallest absolute Gasteiger partial charge is 0.306 e. The molecule has 86 valence electrons. The quantitative estimate of drug-likeness (QED) is 0.846. The molecule has 1 aliphatic heterocycles. The molecule has 1 aliphatic rings. The zero-order valence-corrected chi connectivity index (χ0v) is 10.7. The van der Waals surface area contributed by atoms with Gasteiger partial charge in [-0.3, -0.25) is 4.79 Å². The average Bonchev–Trinajstić information content (AvgIpc) is 2.30. The molecule has 0 spiro atoms. The number of hydrogen-bond donors (Lipinski definition) is 1. The molecule has 4 heteroatoms. The van der Waals surface area contributed by atoms with Gasteiger partial charge in [-0.15, -0.1) is 0 Å². The van der Waals surface area contributed by atoms with Gasteiger partial charge in [0.1, 0.15) is 0 Å². The zero-order chi connectivity index (χ0) is 11.5. The van der Waals surface area contributed by atoms with Crippen LogP contribution in [-0.4, -0.2) is 19.6 Å². The molecule has 1 atom stereocenters. The molecule has 1 N–H and O–H groups in total. The molecule has 0 aliphatic carbocycles. The van der Waals surface area contributed by atoms with Gasteiger partial charge >= 0.3 is 5.97 Å². The van der Waals surface area contributed by atoms with Gasteiger partial charge in [-0.1, -0.05) is 28.1 Å². The van der Waals surface area contributed by atoms with Crippen molar-refractivity contribution in [3.8, 4) is 0 Å². The van der Waals surface area contributed by atoms with Gasteiger partial charge in [0.2, 0.25) is 0 Å². The van der Waals surface area contributed by atoms with E-state index in [0.717, 1.165) is 17.6 Å². The number of methoxy groups -OCH3 is 1. The lowest BCUT2D eigenvalue weighted by Gasteiger charge is -2.26. The van der Waals surface area contributed by atoms with Gasteiger partial charge < -0.3 is 10.1 Å². The lowest BCUT2D eigenvalue weighted by atomic mass is 9.88. The van der Waals surface area contributed by atoms with Crippen molar-refractivity contribution in [2.24, 2.45) is 0 Å². The number of nitrogens with one attached hydrogen (secondary N) is 1. The lowest BCUT2D eigenvalue weighted by Crippen LogP contribution is -2.30. The number of benzene rings is 1. The second-order valence-corrected chi connectivity index (χ2v) is 4.77. The van der Waals surface area contributed by atoms with E-state index in [9.17, 15) is 4.79 Å². The Bertz CT molecular complexity index is 406. The summed E-state index contributed by atoms with van der Waals surface area (Å²) < 4.78 is 5.82. The minimum Gasteiger partial charge on any atom is -0.469 e. The van der Waals surface area contributed by atoms with Crippen molar-refractivity contribution in [1.29, 1.82) is 0 Å². The van der Waals surface area contributed by atoms with E-state index in [2.05, 4.69) is 27.3 Å². The first-order valence-electron chi connectivity index (χ1n) is 5.27. The van der Waals surface area contributed by atoms with E-state index in [0.29, 0.717) is 6.42 Å². The van der Waals surface area contributed by atoms with Crippen LogP contribution in [0.15, 0.2) is 22.7 Å². The topological polar surface area (TPSA) is 38.3 Å². The van der Waals surface area contributed by atoms with Crippen LogP contribution in [0.5, 0.6) is 0 Å². The maximum Gasteiger partial charge on any atom is 0.306 e. The standard InChI is InChI=1S/C12H14BrNO2/c1-16-12(15)5-8-6-14-7-10-9(8)3-2-4-11(10)13/h2-4,8,14H,5-7H2,1H3. The number of hydrogen-bond acceptors (Lipinski definition) is 3. The minimum absolute atomic E-state index is 0.153. The van der Waals surface area contributed by atoms with Crippen molar-refractivity contribution in [1.82, 2.24) is 5.32 Å². The number of halogens is 1. The lowest BCUT2D eigenvalue weighted by molar-refractivity contribution is -0.141. The minimum atomic E-state index is -0.153. The van der Waals surface area contributed by atoms with E-state index in [1.54, 1.807) is 0 Å². The van der Waals surface area contributed by atoms with Crippen LogP contribution < -0.4 is 5.32 Å². The fourth-order valence-electron chi connectivity index (χ4n) is 2.09. The van der Waals surface area contributed by atoms with Crippen molar-refractivity contribution < 1.29 is 9.53 Å². The van der Waals surface area contributed by atoms with E-state index < -0.39 is 0 Å². The number of rotatable bonds is 2. The Kier molecular flexibility index (Phi) is 3.61. The van der Waals surface area contributed by atoms with E-state index in [-0.39, 0.29) is 11.9 Å². The fourth-order valence-corrected chi connectivity index (χ4v) is 2.61. The molecule has 1 heterocycles. The summed E-state index contributed by atoms with van der Waals surface area (Å²) >= 11 is 3.54. The first-order chi connectivity index (χ1) is 7.72. The Balaban J connectivity index is 2.26. The number of carbonyl (C=O) groups is 1. The van der Waals surface area contributed by atoms with Crippen LogP contribution in [0.3, 0.4) is 0 Å². The number of fused-ring (bicyclic) bond motifs is 1. The highest BCUT2D eigenvalue weighted by Gasteiger charge is 2.23. The molecular weight excluding hydrogens is 270 g/mol. The molecular formula is C12H14BrNO2. The number of esters is 1. The van der Waals surface area contributed by atoms with Crippen molar-refractivity contribution in [2.45, 2.75) is 18.9 Å². The monoisotopic (exact) mass is 283 g/mol. The van der Waals surface area contributed by atoms with Crippen LogP contribution in [0, 0.1) is 0 Å². The van der Waals surface area contributed by atoms with E-state index in [1.807, 2.05) is 12.1 Å². The SMILES string of the molecule is COC(=O)CC1CNCc2c(Br)cccc21. The fraction of sp³-hybridized carbons (Fsp3) is 0.417. The predicted octanol–water partition coefficient (Wildman–Crippen LogP) is 2.20. The third-order valence-corrected chi connectivity index (χ3v) is 3.67. The molecule has 2 rings (SSSR count). The second kappa shape index (κ2) is 4.97. The summed E-state index contributed by atoms with van der Waals surface area (Å²) in [6.45, 7) is 1.69. The third-order valence-electron chi connectivity index (χ3n) is 2.93. The first-order valence-corrected chi connectivity index (χ1v) is 6.06. The van der Waals surface area contributed by atoms with Gasteiger partial charge in [0, 0.05) is 23.5 Å². The van der Waals surface area contributed by atoms with Gasteiger partial charge in [-0.05, 0) is 17.2 Å². The third kappa shape index (κ3) is 2.28. The number of ether oxygens (including phenoxy) is 1. The molecule has 3 nitrogen and oxygen atoms in total. The van der Waals surface area contributed by atoms with E-state index >= 15 is 0 Å². The predicted molar refractivity (Wildman–Crippen MR) is 65.2 cm³/mol. The van der Waals surface area contributed by atoms with Gasteiger partial charge in [0.15, 0.2) is 0 Å². The first kappa shape index (κ1) is 11.6. The van der Waals surface area contributed by atoms with Crippen LogP contribution in [0.25, 0.3) is 0 Å². The van der Waals surface area contributed by atoms with Crippen molar-refractivity contribution in [3.05, 3.63) is 33.8 Å². The molecule has 16 heavy (non-hydrogen) atoms. The summed E-state index contributed by atoms with van der Waals surface area (Å²) in [5.74, 6) is 0.0633. The maximum atomic E-state index is 11.3. The molecule has 0 fully saturated rings. The van der Waals surface area contributed by atoms with Crippen LogP contribution >= 0.6 is 15.9 Å². The molecule has 0 bridgehead atoms. The molecule has 1 unspecified atom stereocenters. The van der Waals surface area contributed by atoms with Gasteiger partial charge in [-0.2, -0.15) is 0 Å². The highest BCUT2D eigenvalue weighted by atomic mass is 79.9. The maximum absolute atomic E-state index is 11.3. The Morgan fingerprint density at radius 3 is 3.19 bits per heavy atom. The summed E-state index contributed by atoms with van der Waals surface area (Å²) in [6, 6.07) is 6.13. The summed E-state index contributed by atoms with van der Waals surface area (Å²) in [7, 11) is 1.43. The van der Waals surface area contributed by atoms with Crippen LogP contribution in [0.2, 0.25) is 0 Å². The second-order valence-electron chi connectivity index (χ2n) is 3.92. The molecule has 0 radical (unpaired) electrons. The van der Waals surface area contributed by atoms with Crippen LogP contribution in [0.4, 0.5) is 0 Å². The van der Waals surface area contributed by atoms with Gasteiger partial charge in [-0.25, -0.2) is 0 Å². The molecule has 0 aromatic heterocycles. The van der Waals surface area contributed by atoms with Gasteiger partial charge in [0.25, 0.3) is 0 Å². The number of carbonyl (C=O) groups excluding carboxylic acids is 1. The van der Waals surface area contributed by atoms with Crippen molar-refractivity contribution in [3.63, 3.8) is 0 Å². The van der Waals surface area contributed by atoms with Crippen LogP contribution in [-0.2, 0) is 16.1 Å². The van der Waals surface area contributed by atoms with Crippen molar-refractivity contribution in [2.75, 3.05) is 13.7 Å². The molecule has 1 aromatic carbocycles. The summed E-state index contributed by atoms with van der Waals surface area (Å²) in [4.78, 5) is 11.3. The molecule has 1 aromatic rings. The van der Waals surface area contributed by atoms with Crippen LogP contribution in [0.1, 0.15) is 23.5 Å². The zero-order valence-electron chi connectivity index (χ0n) is 9.13. The summed E-state index contributed by atoms with van der Waals surface area (Å²) in [6.07, 6.45) is 0.437. The van der Waals surface area contributed by atoms with E-state index in [4.69, 9.17) is 4.74 Å². The molecule has 0 amide bonds. The highest BCUT2D eigenvalue weighted by molar-refractivity contribution is 9.10. The van der Waals surface area contributed by atoms with Crippen molar-refractivity contribution >= 4 is 21.9 Å². The summed E-state index contributed by atoms with van der Waals surface area (Å²) in [5.41, 5.74) is 2.50. The largest absolute Gasteiger partial charge is 0.469 e.